The Bertz CT molecular complexity index is 1090. The van der Waals surface area contributed by atoms with Gasteiger partial charge in [0, 0.05) is 17.4 Å². The molecule has 0 aliphatic carbocycles. The van der Waals surface area contributed by atoms with E-state index in [4.69, 9.17) is 14.2 Å². The Morgan fingerprint density at radius 1 is 1.16 bits per heavy atom. The quantitative estimate of drug-likeness (QED) is 0.579. The second-order valence-electron chi connectivity index (χ2n) is 8.52. The highest BCUT2D eigenvalue weighted by molar-refractivity contribution is 5.89. The van der Waals surface area contributed by atoms with Gasteiger partial charge in [0.15, 0.2) is 6.10 Å². The van der Waals surface area contributed by atoms with E-state index in [1.54, 1.807) is 7.11 Å². The third kappa shape index (κ3) is 4.46. The third-order valence-corrected chi connectivity index (χ3v) is 5.67. The van der Waals surface area contributed by atoms with Crippen LogP contribution in [-0.2, 0) is 4.79 Å². The molecule has 0 bridgehead atoms. The van der Waals surface area contributed by atoms with Crippen molar-refractivity contribution in [3.05, 3.63) is 66.2 Å². The molecule has 0 fully saturated rings. The van der Waals surface area contributed by atoms with E-state index in [-0.39, 0.29) is 11.9 Å². The number of hydrogen-bond acceptors (Lipinski definition) is 4. The average Bonchev–Trinajstić information content (AvgIpc) is 2.76. The second-order valence-corrected chi connectivity index (χ2v) is 8.52. The Morgan fingerprint density at radius 3 is 2.71 bits per heavy atom. The van der Waals surface area contributed by atoms with Gasteiger partial charge in [-0.25, -0.2) is 0 Å². The summed E-state index contributed by atoms with van der Waals surface area (Å²) in [4.78, 5) is 13.3. The van der Waals surface area contributed by atoms with Crippen LogP contribution in [0.15, 0.2) is 60.7 Å². The number of fused-ring (bicyclic) bond motifs is 2. The standard InChI is InChI=1S/C26H29NO4/c1-5-22(30-23-12-8-10-17-9-6-7-11-19(17)23)25(28)27-21-16-26(2,3)31-24-14-13-18(29-4)15-20(21)24/h6-15,21-22H,5,16H2,1-4H3,(H,27,28)/t21-,22-/m0/s1. The minimum atomic E-state index is -0.592. The first kappa shape index (κ1) is 21.0. The van der Waals surface area contributed by atoms with Crippen molar-refractivity contribution in [2.45, 2.75) is 51.4 Å². The highest BCUT2D eigenvalue weighted by Gasteiger charge is 2.36. The van der Waals surface area contributed by atoms with Crippen molar-refractivity contribution in [1.82, 2.24) is 5.32 Å². The highest BCUT2D eigenvalue weighted by atomic mass is 16.5. The van der Waals surface area contributed by atoms with E-state index in [0.717, 1.165) is 33.6 Å². The number of amides is 1. The lowest BCUT2D eigenvalue weighted by Crippen LogP contribution is -2.45. The second kappa shape index (κ2) is 8.50. The summed E-state index contributed by atoms with van der Waals surface area (Å²) < 4.78 is 17.7. The lowest BCUT2D eigenvalue weighted by Gasteiger charge is -2.38. The number of hydrogen-bond donors (Lipinski definition) is 1. The lowest BCUT2D eigenvalue weighted by molar-refractivity contribution is -0.129. The van der Waals surface area contributed by atoms with Crippen LogP contribution < -0.4 is 19.5 Å². The summed E-state index contributed by atoms with van der Waals surface area (Å²) in [5, 5.41) is 5.29. The van der Waals surface area contributed by atoms with Gasteiger partial charge in [-0.05, 0) is 49.9 Å². The maximum Gasteiger partial charge on any atom is 0.261 e. The molecule has 4 rings (SSSR count). The van der Waals surface area contributed by atoms with E-state index in [9.17, 15) is 4.79 Å². The average molecular weight is 420 g/mol. The minimum Gasteiger partial charge on any atom is -0.497 e. The number of carbonyl (C=O) groups excluding carboxylic acids is 1. The van der Waals surface area contributed by atoms with Crippen LogP contribution in [0, 0.1) is 0 Å². The van der Waals surface area contributed by atoms with E-state index >= 15 is 0 Å². The van der Waals surface area contributed by atoms with Crippen LogP contribution in [0.25, 0.3) is 10.8 Å². The van der Waals surface area contributed by atoms with E-state index < -0.39 is 11.7 Å². The highest BCUT2D eigenvalue weighted by Crippen LogP contribution is 2.41. The fraction of sp³-hybridized carbons (Fsp3) is 0.346. The van der Waals surface area contributed by atoms with Crippen LogP contribution in [-0.4, -0.2) is 24.7 Å². The molecule has 0 saturated heterocycles. The van der Waals surface area contributed by atoms with Gasteiger partial charge in [0.2, 0.25) is 0 Å². The summed E-state index contributed by atoms with van der Waals surface area (Å²) in [6.45, 7) is 6.02. The molecule has 0 spiro atoms. The molecular formula is C26H29NO4. The van der Waals surface area contributed by atoms with E-state index in [1.807, 2.05) is 81.4 Å². The Balaban J connectivity index is 1.57. The fourth-order valence-electron chi connectivity index (χ4n) is 4.13. The molecule has 1 aliphatic rings. The van der Waals surface area contributed by atoms with Gasteiger partial charge in [-0.1, -0.05) is 43.3 Å². The number of carbonyl (C=O) groups is 1. The first-order chi connectivity index (χ1) is 14.9. The molecule has 1 heterocycles. The molecule has 3 aromatic rings. The molecule has 162 valence electrons. The summed E-state index contributed by atoms with van der Waals surface area (Å²) in [5.41, 5.74) is 0.532. The van der Waals surface area contributed by atoms with Gasteiger partial charge in [0.1, 0.15) is 22.8 Å². The van der Waals surface area contributed by atoms with E-state index in [1.165, 1.54) is 0 Å². The molecule has 31 heavy (non-hydrogen) atoms. The molecule has 1 aliphatic heterocycles. The van der Waals surface area contributed by atoms with Gasteiger partial charge >= 0.3 is 0 Å². The molecule has 0 aromatic heterocycles. The first-order valence-corrected chi connectivity index (χ1v) is 10.7. The molecule has 1 amide bonds. The normalized spacial score (nSPS) is 17.9. The predicted molar refractivity (Wildman–Crippen MR) is 122 cm³/mol. The SMILES string of the molecule is CC[C@H](Oc1cccc2ccccc12)C(=O)N[C@H]1CC(C)(C)Oc2ccc(OC)cc21. The van der Waals surface area contributed by atoms with Crippen molar-refractivity contribution in [3.63, 3.8) is 0 Å². The maximum absolute atomic E-state index is 13.3. The Hall–Kier alpha value is -3.21. The number of rotatable bonds is 6. The van der Waals surface area contributed by atoms with Crippen molar-refractivity contribution in [2.24, 2.45) is 0 Å². The summed E-state index contributed by atoms with van der Waals surface area (Å²) in [6, 6.07) is 19.4. The van der Waals surface area contributed by atoms with Crippen molar-refractivity contribution in [2.75, 3.05) is 7.11 Å². The Morgan fingerprint density at radius 2 is 1.94 bits per heavy atom. The smallest absolute Gasteiger partial charge is 0.261 e. The minimum absolute atomic E-state index is 0.132. The van der Waals surface area contributed by atoms with Gasteiger partial charge in [-0.2, -0.15) is 0 Å². The summed E-state index contributed by atoms with van der Waals surface area (Å²) in [5.74, 6) is 2.09. The van der Waals surface area contributed by atoms with Gasteiger partial charge in [0.05, 0.1) is 13.2 Å². The topological polar surface area (TPSA) is 56.8 Å². The van der Waals surface area contributed by atoms with Crippen molar-refractivity contribution >= 4 is 16.7 Å². The fourth-order valence-corrected chi connectivity index (χ4v) is 4.13. The Kier molecular flexibility index (Phi) is 5.77. The molecule has 1 N–H and O–H groups in total. The molecule has 0 radical (unpaired) electrons. The van der Waals surface area contributed by atoms with E-state index in [2.05, 4.69) is 5.32 Å². The maximum atomic E-state index is 13.3. The lowest BCUT2D eigenvalue weighted by atomic mass is 9.89. The van der Waals surface area contributed by atoms with Crippen LogP contribution >= 0.6 is 0 Å². The van der Waals surface area contributed by atoms with Crippen LogP contribution in [0.4, 0.5) is 0 Å². The molecule has 0 saturated carbocycles. The molecule has 3 aromatic carbocycles. The molecule has 5 nitrogen and oxygen atoms in total. The summed E-state index contributed by atoms with van der Waals surface area (Å²) >= 11 is 0. The zero-order chi connectivity index (χ0) is 22.0. The molecule has 0 unspecified atom stereocenters. The molecule has 2 atom stereocenters. The van der Waals surface area contributed by atoms with Gasteiger partial charge in [0.25, 0.3) is 5.91 Å². The predicted octanol–water partition coefficient (Wildman–Crippen LogP) is 5.42. The summed E-state index contributed by atoms with van der Waals surface area (Å²) in [7, 11) is 1.63. The van der Waals surface area contributed by atoms with Crippen LogP contribution in [0.5, 0.6) is 17.2 Å². The largest absolute Gasteiger partial charge is 0.497 e. The van der Waals surface area contributed by atoms with Crippen LogP contribution in [0.2, 0.25) is 0 Å². The zero-order valence-corrected chi connectivity index (χ0v) is 18.5. The van der Waals surface area contributed by atoms with Crippen LogP contribution in [0.3, 0.4) is 0 Å². The van der Waals surface area contributed by atoms with Gasteiger partial charge < -0.3 is 19.5 Å². The first-order valence-electron chi connectivity index (χ1n) is 10.7. The van der Waals surface area contributed by atoms with Crippen molar-refractivity contribution < 1.29 is 19.0 Å². The molecule has 5 heteroatoms. The number of nitrogens with one attached hydrogen (secondary N) is 1. The Labute approximate surface area is 183 Å². The monoisotopic (exact) mass is 419 g/mol. The molecular weight excluding hydrogens is 390 g/mol. The third-order valence-electron chi connectivity index (χ3n) is 5.67. The van der Waals surface area contributed by atoms with Crippen LogP contribution in [0.1, 0.15) is 45.2 Å². The van der Waals surface area contributed by atoms with Crippen molar-refractivity contribution in [1.29, 1.82) is 0 Å². The summed E-state index contributed by atoms with van der Waals surface area (Å²) in [6.07, 6.45) is 0.627. The number of methoxy groups -OCH3 is 1. The van der Waals surface area contributed by atoms with Gasteiger partial charge in [-0.3, -0.25) is 4.79 Å². The van der Waals surface area contributed by atoms with Gasteiger partial charge in [-0.15, -0.1) is 0 Å². The zero-order valence-electron chi connectivity index (χ0n) is 18.5. The number of ether oxygens (including phenoxy) is 3. The van der Waals surface area contributed by atoms with E-state index in [0.29, 0.717) is 12.8 Å². The number of benzene rings is 3. The van der Waals surface area contributed by atoms with Crippen molar-refractivity contribution in [3.8, 4) is 17.2 Å².